The van der Waals surface area contributed by atoms with Crippen LogP contribution in [-0.2, 0) is 30.3 Å². The lowest BCUT2D eigenvalue weighted by Crippen LogP contribution is -2.59. The fourth-order valence-corrected chi connectivity index (χ4v) is 5.29. The Balaban J connectivity index is 1.28. The summed E-state index contributed by atoms with van der Waals surface area (Å²) < 4.78 is 6.43. The number of piperazine rings is 2. The highest BCUT2D eigenvalue weighted by Crippen LogP contribution is 2.30. The van der Waals surface area contributed by atoms with E-state index in [-0.39, 0.29) is 25.4 Å². The molecule has 42 heavy (non-hydrogen) atoms. The summed E-state index contributed by atoms with van der Waals surface area (Å²) >= 11 is 6.19. The number of halogens is 1. The third-order valence-electron chi connectivity index (χ3n) is 7.33. The first kappa shape index (κ1) is 29.1. The molecule has 0 spiro atoms. The molecule has 1 N–H and O–H groups in total. The third-order valence-corrected chi connectivity index (χ3v) is 7.56. The van der Waals surface area contributed by atoms with E-state index in [0.717, 1.165) is 4.90 Å². The van der Waals surface area contributed by atoms with Crippen molar-refractivity contribution < 1.29 is 29.0 Å². The molecule has 5 rings (SSSR count). The molecule has 1 atom stereocenters. The summed E-state index contributed by atoms with van der Waals surface area (Å²) in [5.41, 5.74) is 2.12. The van der Waals surface area contributed by atoms with Crippen LogP contribution < -0.4 is 9.80 Å². The lowest BCUT2D eigenvalue weighted by atomic mass is 10.0. The van der Waals surface area contributed by atoms with Crippen LogP contribution in [-0.4, -0.2) is 118 Å². The van der Waals surface area contributed by atoms with E-state index >= 15 is 0 Å². The number of benzene rings is 2. The number of methoxy groups -OCH3 is 1. The molecule has 1 aromatic heterocycles. The Bertz CT molecular complexity index is 1470. The number of carboxylic acid groups (broad SMARTS) is 1. The van der Waals surface area contributed by atoms with Crippen molar-refractivity contribution in [1.29, 1.82) is 0 Å². The monoisotopic (exact) mass is 596 g/mol. The lowest BCUT2D eigenvalue weighted by molar-refractivity contribution is -0.155. The summed E-state index contributed by atoms with van der Waals surface area (Å²) in [4.78, 5) is 57.6. The average molecular weight is 597 g/mol. The zero-order chi connectivity index (χ0) is 29.8. The van der Waals surface area contributed by atoms with Crippen LogP contribution in [0.25, 0.3) is 5.69 Å². The second-order valence-corrected chi connectivity index (χ2v) is 10.3. The fourth-order valence-electron chi connectivity index (χ4n) is 5.13. The molecule has 1 unspecified atom stereocenters. The molecule has 15 heteroatoms. The van der Waals surface area contributed by atoms with Crippen molar-refractivity contribution in [2.24, 2.45) is 0 Å². The zero-order valence-electron chi connectivity index (χ0n) is 22.8. The van der Waals surface area contributed by atoms with Gasteiger partial charge in [-0.15, -0.1) is 5.10 Å². The number of ether oxygens (including phenoxy) is 1. The molecule has 2 saturated heterocycles. The smallest absolute Gasteiger partial charge is 0.326 e. The minimum absolute atomic E-state index is 0.0109. The second-order valence-electron chi connectivity index (χ2n) is 9.88. The van der Waals surface area contributed by atoms with Crippen LogP contribution in [0.4, 0.5) is 11.4 Å². The average Bonchev–Trinajstić information content (AvgIpc) is 3.52. The molecule has 3 amide bonds. The summed E-state index contributed by atoms with van der Waals surface area (Å²) in [5.74, 6) is -3.08. The van der Waals surface area contributed by atoms with Gasteiger partial charge in [-0.25, -0.2) is 4.79 Å². The molecular formula is C27H29ClN8O6. The van der Waals surface area contributed by atoms with Gasteiger partial charge in [-0.1, -0.05) is 23.7 Å². The van der Waals surface area contributed by atoms with E-state index < -0.39 is 23.8 Å². The molecule has 2 aromatic carbocycles. The quantitative estimate of drug-likeness (QED) is 0.327. The van der Waals surface area contributed by atoms with E-state index in [2.05, 4.69) is 15.5 Å². The van der Waals surface area contributed by atoms with Crippen LogP contribution >= 0.6 is 11.6 Å². The molecule has 2 fully saturated rings. The maximum absolute atomic E-state index is 13.3. The van der Waals surface area contributed by atoms with Crippen LogP contribution in [0.2, 0.25) is 5.02 Å². The van der Waals surface area contributed by atoms with Gasteiger partial charge in [0.2, 0.25) is 5.91 Å². The Hall–Kier alpha value is -4.40. The van der Waals surface area contributed by atoms with Gasteiger partial charge in [-0.05, 0) is 46.3 Å². The van der Waals surface area contributed by atoms with Crippen molar-refractivity contribution in [2.45, 2.75) is 12.5 Å². The Labute approximate surface area is 246 Å². The van der Waals surface area contributed by atoms with Crippen LogP contribution in [0.1, 0.15) is 5.56 Å². The predicted molar refractivity (Wildman–Crippen MR) is 150 cm³/mol. The predicted octanol–water partition coefficient (Wildman–Crippen LogP) is 0.482. The van der Waals surface area contributed by atoms with Gasteiger partial charge in [0, 0.05) is 57.0 Å². The number of hydrogen-bond acceptors (Lipinski definition) is 9. The number of carboxylic acids is 1. The fraction of sp³-hybridized carbons (Fsp3) is 0.370. The summed E-state index contributed by atoms with van der Waals surface area (Å²) in [5, 5.41) is 21.5. The molecular weight excluding hydrogens is 568 g/mol. The highest BCUT2D eigenvalue weighted by Gasteiger charge is 2.40. The van der Waals surface area contributed by atoms with Gasteiger partial charge < -0.3 is 24.5 Å². The SMILES string of the molecule is COCCN1CCN(c2ccc(CC(C(=O)O)N3CCN(c4cc(Cl)ccc4-n4cnnn4)C(=O)C3=O)cc2)C(=O)C1. The van der Waals surface area contributed by atoms with Crippen molar-refractivity contribution in [3.63, 3.8) is 0 Å². The molecule has 0 radical (unpaired) electrons. The number of aromatic nitrogens is 4. The van der Waals surface area contributed by atoms with Gasteiger partial charge >= 0.3 is 17.8 Å². The Kier molecular flexibility index (Phi) is 8.75. The summed E-state index contributed by atoms with van der Waals surface area (Å²) in [6, 6.07) is 10.5. The summed E-state index contributed by atoms with van der Waals surface area (Å²) in [6.45, 7) is 2.80. The summed E-state index contributed by atoms with van der Waals surface area (Å²) in [6.07, 6.45) is 1.33. The van der Waals surface area contributed by atoms with E-state index in [1.54, 1.807) is 48.4 Å². The van der Waals surface area contributed by atoms with Crippen LogP contribution in [0.15, 0.2) is 48.8 Å². The number of carbonyl (C=O) groups excluding carboxylic acids is 3. The van der Waals surface area contributed by atoms with E-state index in [9.17, 15) is 24.3 Å². The Morgan fingerprint density at radius 2 is 1.76 bits per heavy atom. The standard InChI is InChI=1S/C27H29ClN8O6/c1-42-13-12-32-8-9-33(24(37)16-32)20-5-2-18(3-6-20)14-23(27(40)41)35-11-10-34(25(38)26(35)39)22-15-19(28)4-7-21(22)36-17-29-30-31-36/h2-7,15,17,23H,8-14,16H2,1H3,(H,40,41). The molecule has 220 valence electrons. The number of rotatable bonds is 10. The molecule has 14 nitrogen and oxygen atoms in total. The second kappa shape index (κ2) is 12.6. The maximum atomic E-state index is 13.3. The first-order valence-electron chi connectivity index (χ1n) is 13.3. The number of tetrazole rings is 1. The van der Waals surface area contributed by atoms with Gasteiger partial charge in [0.1, 0.15) is 12.4 Å². The molecule has 2 aliphatic rings. The number of aliphatic carboxylic acids is 1. The van der Waals surface area contributed by atoms with Crippen molar-refractivity contribution in [3.05, 3.63) is 59.4 Å². The summed E-state index contributed by atoms with van der Waals surface area (Å²) in [7, 11) is 1.62. The third kappa shape index (κ3) is 6.10. The Morgan fingerprint density at radius 1 is 1.00 bits per heavy atom. The normalized spacial score (nSPS) is 17.2. The Morgan fingerprint density at radius 3 is 2.43 bits per heavy atom. The minimum Gasteiger partial charge on any atom is -0.480 e. The van der Waals surface area contributed by atoms with Crippen molar-refractivity contribution in [2.75, 3.05) is 62.8 Å². The van der Waals surface area contributed by atoms with Crippen molar-refractivity contribution in [3.8, 4) is 5.69 Å². The van der Waals surface area contributed by atoms with Gasteiger partial charge in [-0.3, -0.25) is 19.3 Å². The molecule has 0 aliphatic carbocycles. The van der Waals surface area contributed by atoms with E-state index in [4.69, 9.17) is 16.3 Å². The van der Waals surface area contributed by atoms with Crippen LogP contribution in [0.5, 0.6) is 0 Å². The highest BCUT2D eigenvalue weighted by molar-refractivity contribution is 6.41. The topological polar surface area (TPSA) is 154 Å². The van der Waals surface area contributed by atoms with Gasteiger partial charge in [0.25, 0.3) is 0 Å². The van der Waals surface area contributed by atoms with E-state index in [0.29, 0.717) is 60.4 Å². The largest absolute Gasteiger partial charge is 0.480 e. The number of nitrogens with zero attached hydrogens (tertiary/aromatic N) is 8. The number of anilines is 2. The number of hydrogen-bond donors (Lipinski definition) is 1. The lowest BCUT2D eigenvalue weighted by Gasteiger charge is -2.37. The van der Waals surface area contributed by atoms with E-state index in [1.165, 1.54) is 22.0 Å². The first-order chi connectivity index (χ1) is 20.3. The number of carbonyl (C=O) groups is 4. The van der Waals surface area contributed by atoms with Gasteiger partial charge in [0.05, 0.1) is 24.5 Å². The van der Waals surface area contributed by atoms with Crippen LogP contribution in [0.3, 0.4) is 0 Å². The van der Waals surface area contributed by atoms with Gasteiger partial charge in [0.15, 0.2) is 0 Å². The molecule has 2 aliphatic heterocycles. The molecule has 3 aromatic rings. The zero-order valence-corrected chi connectivity index (χ0v) is 23.6. The molecule has 0 bridgehead atoms. The van der Waals surface area contributed by atoms with Crippen molar-refractivity contribution >= 4 is 46.7 Å². The van der Waals surface area contributed by atoms with Crippen molar-refractivity contribution in [1.82, 2.24) is 30.0 Å². The number of amides is 3. The first-order valence-corrected chi connectivity index (χ1v) is 13.6. The minimum atomic E-state index is -1.27. The maximum Gasteiger partial charge on any atom is 0.326 e. The van der Waals surface area contributed by atoms with Gasteiger partial charge in [-0.2, -0.15) is 4.68 Å². The van der Waals surface area contributed by atoms with Crippen LogP contribution in [0, 0.1) is 0 Å². The van der Waals surface area contributed by atoms with E-state index in [1.807, 2.05) is 4.90 Å². The highest BCUT2D eigenvalue weighted by atomic mass is 35.5. The molecule has 0 saturated carbocycles. The molecule has 3 heterocycles.